The molecule has 1 rings (SSSR count). The predicted molar refractivity (Wildman–Crippen MR) is 89.1 cm³/mol. The van der Waals surface area contributed by atoms with Crippen LogP contribution in [-0.2, 0) is 5.75 Å². The highest BCUT2D eigenvalue weighted by Crippen LogP contribution is 2.60. The number of aromatic hydroxyl groups is 1. The van der Waals surface area contributed by atoms with E-state index in [2.05, 4.69) is 0 Å². The quantitative estimate of drug-likeness (QED) is 0.274. The minimum absolute atomic E-state index is 0.143. The molecule has 0 heterocycles. The Morgan fingerprint density at radius 1 is 0.719 bits per heavy atom. The maximum absolute atomic E-state index is 13.7. The highest BCUT2D eigenvalue weighted by molar-refractivity contribution is 7.98. The standard InChI is InChI=1S/C17H15F13OS/c1-8-5-9(2)11(31)10(6-8)7-32-4-3-12(18,19)13(20,21)14(22,23)15(24,25)16(26,27)17(28,29)30/h5-6,31H,3-4,7H2,1-2H3. The van der Waals surface area contributed by atoms with Gasteiger partial charge in [0.25, 0.3) is 0 Å². The minimum Gasteiger partial charge on any atom is -0.507 e. The van der Waals surface area contributed by atoms with E-state index in [1.54, 1.807) is 6.92 Å². The minimum atomic E-state index is -7.89. The van der Waals surface area contributed by atoms with Gasteiger partial charge in [-0.05, 0) is 25.2 Å². The van der Waals surface area contributed by atoms with Crippen LogP contribution < -0.4 is 0 Å². The van der Waals surface area contributed by atoms with Crippen LogP contribution in [0.4, 0.5) is 57.1 Å². The second kappa shape index (κ2) is 8.67. The fraction of sp³-hybridized carbons (Fsp3) is 0.647. The molecule has 0 unspecified atom stereocenters. The molecule has 1 aromatic rings. The van der Waals surface area contributed by atoms with Crippen LogP contribution in [0.25, 0.3) is 0 Å². The third-order valence-electron chi connectivity index (χ3n) is 4.34. The first-order valence-corrected chi connectivity index (χ1v) is 9.52. The van der Waals surface area contributed by atoms with E-state index in [4.69, 9.17) is 0 Å². The Morgan fingerprint density at radius 3 is 1.66 bits per heavy atom. The number of aryl methyl sites for hydroxylation is 2. The summed E-state index contributed by atoms with van der Waals surface area (Å²) in [7, 11) is 0. The van der Waals surface area contributed by atoms with Gasteiger partial charge in [0, 0.05) is 17.7 Å². The van der Waals surface area contributed by atoms with Crippen molar-refractivity contribution in [1.29, 1.82) is 0 Å². The molecule has 186 valence electrons. The normalized spacial score (nSPS) is 14.7. The molecule has 1 N–H and O–H groups in total. The summed E-state index contributed by atoms with van der Waals surface area (Å²) >= 11 is 0.375. The summed E-state index contributed by atoms with van der Waals surface area (Å²) < 4.78 is 169. The lowest BCUT2D eigenvalue weighted by atomic mass is 9.93. The van der Waals surface area contributed by atoms with Crippen LogP contribution >= 0.6 is 11.8 Å². The molecule has 0 atom stereocenters. The highest BCUT2D eigenvalue weighted by Gasteiger charge is 2.90. The lowest BCUT2D eigenvalue weighted by Crippen LogP contribution is -2.70. The van der Waals surface area contributed by atoms with Gasteiger partial charge < -0.3 is 5.11 Å². The number of phenols is 1. The van der Waals surface area contributed by atoms with Crippen LogP contribution in [0.5, 0.6) is 5.75 Å². The summed E-state index contributed by atoms with van der Waals surface area (Å²) in [6.45, 7) is 3.07. The van der Waals surface area contributed by atoms with Gasteiger partial charge in [0.15, 0.2) is 0 Å². The van der Waals surface area contributed by atoms with Gasteiger partial charge in [-0.15, -0.1) is 0 Å². The molecule has 0 aliphatic heterocycles. The molecule has 0 bridgehead atoms. The zero-order valence-corrected chi connectivity index (χ0v) is 16.9. The largest absolute Gasteiger partial charge is 0.507 e. The van der Waals surface area contributed by atoms with E-state index in [0.29, 0.717) is 22.9 Å². The van der Waals surface area contributed by atoms with Crippen LogP contribution in [0, 0.1) is 13.8 Å². The fourth-order valence-electron chi connectivity index (χ4n) is 2.50. The maximum Gasteiger partial charge on any atom is 0.460 e. The summed E-state index contributed by atoms with van der Waals surface area (Å²) in [5.41, 5.74) is 1.12. The molecule has 0 fully saturated rings. The SMILES string of the molecule is Cc1cc(C)c(O)c(CSCCC(F)(F)C(F)(F)C(F)(F)C(F)(F)C(F)(F)C(F)(F)F)c1. The third kappa shape index (κ3) is 4.72. The van der Waals surface area contributed by atoms with Crippen molar-refractivity contribution in [2.45, 2.75) is 61.8 Å². The van der Waals surface area contributed by atoms with Crippen molar-refractivity contribution >= 4 is 11.8 Å². The molecule has 32 heavy (non-hydrogen) atoms. The summed E-state index contributed by atoms with van der Waals surface area (Å²) in [5.74, 6) is -38.4. The van der Waals surface area contributed by atoms with E-state index in [1.165, 1.54) is 19.1 Å². The lowest BCUT2D eigenvalue weighted by Gasteiger charge is -2.39. The molecular formula is C17H15F13OS. The van der Waals surface area contributed by atoms with E-state index in [0.717, 1.165) is 0 Å². The van der Waals surface area contributed by atoms with Crippen LogP contribution in [0.2, 0.25) is 0 Å². The van der Waals surface area contributed by atoms with Crippen molar-refractivity contribution in [3.05, 3.63) is 28.8 Å². The third-order valence-corrected chi connectivity index (χ3v) is 5.35. The number of rotatable bonds is 9. The first kappa shape index (κ1) is 28.5. The van der Waals surface area contributed by atoms with Gasteiger partial charge in [-0.2, -0.15) is 68.8 Å². The Bertz CT molecular complexity index is 817. The summed E-state index contributed by atoms with van der Waals surface area (Å²) in [4.78, 5) is 0. The van der Waals surface area contributed by atoms with E-state index < -0.39 is 48.0 Å². The molecule has 0 aliphatic carbocycles. The maximum atomic E-state index is 13.7. The average Bonchev–Trinajstić information content (AvgIpc) is 2.60. The van der Waals surface area contributed by atoms with Crippen LogP contribution in [0.1, 0.15) is 23.1 Å². The fourth-order valence-corrected chi connectivity index (χ4v) is 3.48. The van der Waals surface area contributed by atoms with E-state index in [-0.39, 0.29) is 17.1 Å². The Hall–Kier alpha value is -1.54. The zero-order valence-electron chi connectivity index (χ0n) is 16.0. The van der Waals surface area contributed by atoms with E-state index >= 15 is 0 Å². The Labute approximate surface area is 177 Å². The first-order chi connectivity index (χ1) is 14.0. The van der Waals surface area contributed by atoms with Crippen molar-refractivity contribution in [3.63, 3.8) is 0 Å². The molecule has 0 aliphatic rings. The van der Waals surface area contributed by atoms with Crippen molar-refractivity contribution in [3.8, 4) is 5.75 Å². The zero-order chi connectivity index (χ0) is 25.6. The first-order valence-electron chi connectivity index (χ1n) is 8.37. The molecule has 0 saturated carbocycles. The Kier molecular flexibility index (Phi) is 7.72. The molecule has 0 spiro atoms. The van der Waals surface area contributed by atoms with Crippen molar-refractivity contribution in [2.75, 3.05) is 5.75 Å². The number of halogens is 13. The molecular weight excluding hydrogens is 499 g/mol. The molecule has 0 aromatic heterocycles. The van der Waals surface area contributed by atoms with E-state index in [9.17, 15) is 62.2 Å². The van der Waals surface area contributed by atoms with Gasteiger partial charge in [0.1, 0.15) is 5.75 Å². The second-order valence-electron chi connectivity index (χ2n) is 6.89. The molecule has 1 aromatic carbocycles. The molecule has 0 radical (unpaired) electrons. The van der Waals surface area contributed by atoms with Crippen LogP contribution in [-0.4, -0.2) is 46.6 Å². The van der Waals surface area contributed by atoms with Crippen molar-refractivity contribution in [2.24, 2.45) is 0 Å². The van der Waals surface area contributed by atoms with Gasteiger partial charge in [0.2, 0.25) is 0 Å². The van der Waals surface area contributed by atoms with E-state index in [1.807, 2.05) is 0 Å². The number of thioether (sulfide) groups is 1. The van der Waals surface area contributed by atoms with Crippen molar-refractivity contribution in [1.82, 2.24) is 0 Å². The molecule has 1 nitrogen and oxygen atoms in total. The average molecular weight is 514 g/mol. The molecule has 0 saturated heterocycles. The number of alkyl halides is 13. The van der Waals surface area contributed by atoms with Gasteiger partial charge in [-0.1, -0.05) is 17.7 Å². The number of phenolic OH excluding ortho intramolecular Hbond substituents is 1. The van der Waals surface area contributed by atoms with Gasteiger partial charge in [-0.3, -0.25) is 0 Å². The van der Waals surface area contributed by atoms with Crippen LogP contribution in [0.3, 0.4) is 0 Å². The van der Waals surface area contributed by atoms with Crippen LogP contribution in [0.15, 0.2) is 12.1 Å². The summed E-state index contributed by atoms with van der Waals surface area (Å²) in [6.07, 6.45) is -9.69. The Morgan fingerprint density at radius 2 is 1.19 bits per heavy atom. The Balaban J connectivity index is 3.04. The van der Waals surface area contributed by atoms with Crippen molar-refractivity contribution < 1.29 is 62.2 Å². The summed E-state index contributed by atoms with van der Waals surface area (Å²) in [5, 5.41) is 9.82. The monoisotopic (exact) mass is 514 g/mol. The number of hydrogen-bond donors (Lipinski definition) is 1. The number of benzene rings is 1. The second-order valence-corrected chi connectivity index (χ2v) is 8.00. The smallest absolute Gasteiger partial charge is 0.460 e. The molecule has 15 heteroatoms. The highest BCUT2D eigenvalue weighted by atomic mass is 32.2. The lowest BCUT2D eigenvalue weighted by molar-refractivity contribution is -0.439. The topological polar surface area (TPSA) is 20.2 Å². The molecule has 0 amide bonds. The predicted octanol–water partition coefficient (Wildman–Crippen LogP) is 7.37. The summed E-state index contributed by atoms with van der Waals surface area (Å²) in [6, 6.07) is 2.92. The van der Waals surface area contributed by atoms with Gasteiger partial charge in [-0.25, -0.2) is 0 Å². The van der Waals surface area contributed by atoms with Gasteiger partial charge in [0.05, 0.1) is 0 Å². The van der Waals surface area contributed by atoms with Gasteiger partial charge >= 0.3 is 35.8 Å². The number of hydrogen-bond acceptors (Lipinski definition) is 2.